The zero-order valence-electron chi connectivity index (χ0n) is 22.8. The van der Waals surface area contributed by atoms with E-state index in [9.17, 15) is 4.79 Å². The molecule has 3 aromatic rings. The highest BCUT2D eigenvalue weighted by molar-refractivity contribution is 6.20. The van der Waals surface area contributed by atoms with Crippen LogP contribution in [-0.4, -0.2) is 49.6 Å². The van der Waals surface area contributed by atoms with Crippen LogP contribution in [0.3, 0.4) is 0 Å². The van der Waals surface area contributed by atoms with Gasteiger partial charge < -0.3 is 24.9 Å². The van der Waals surface area contributed by atoms with Crippen molar-refractivity contribution in [3.8, 4) is 17.4 Å². The minimum absolute atomic E-state index is 0.0351. The maximum Gasteiger partial charge on any atom is 0.329 e. The molecule has 3 heterocycles. The van der Waals surface area contributed by atoms with Crippen LogP contribution < -0.4 is 29.3 Å². The van der Waals surface area contributed by atoms with Crippen molar-refractivity contribution in [2.45, 2.75) is 26.9 Å². The van der Waals surface area contributed by atoms with Crippen molar-refractivity contribution in [1.82, 2.24) is 15.3 Å². The minimum Gasteiger partial charge on any atom is -0.493 e. The van der Waals surface area contributed by atoms with E-state index in [1.54, 1.807) is 44.6 Å². The van der Waals surface area contributed by atoms with E-state index in [0.29, 0.717) is 40.6 Å². The Kier molecular flexibility index (Phi) is 8.46. The number of anilines is 2. The molecular weight excluding hydrogens is 522 g/mol. The number of fused-ring (bicyclic) bond motifs is 1. The molecule has 10 nitrogen and oxygen atoms in total. The maximum absolute atomic E-state index is 15.5. The third-order valence-corrected chi connectivity index (χ3v) is 6.26. The van der Waals surface area contributed by atoms with Crippen LogP contribution >= 0.6 is 0 Å². The van der Waals surface area contributed by atoms with Crippen molar-refractivity contribution in [2.24, 2.45) is 0 Å². The molecule has 1 aromatic carbocycles. The van der Waals surface area contributed by atoms with Crippen LogP contribution in [-0.2, 0) is 13.1 Å². The molecule has 40 heavy (non-hydrogen) atoms. The van der Waals surface area contributed by atoms with E-state index < -0.39 is 23.4 Å². The van der Waals surface area contributed by atoms with Crippen molar-refractivity contribution >= 4 is 28.7 Å². The first kappa shape index (κ1) is 28.3. The average molecular weight is 553 g/mol. The SMILES string of the molecule is CCOc1cc(CN2C(=O)N(c3c(F)c(OC)cc(OC)c3F)Cc3cnc(/C(=C/NC)C(C)=N)cc32)ccn1. The molecule has 0 radical (unpaired) electrons. The van der Waals surface area contributed by atoms with Gasteiger partial charge in [0.2, 0.25) is 5.88 Å². The number of rotatable bonds is 10. The highest BCUT2D eigenvalue weighted by Gasteiger charge is 2.37. The van der Waals surface area contributed by atoms with Crippen LogP contribution in [0.25, 0.3) is 5.57 Å². The molecule has 4 rings (SSSR count). The Bertz CT molecular complexity index is 1450. The second-order valence-electron chi connectivity index (χ2n) is 8.82. The van der Waals surface area contributed by atoms with Crippen molar-refractivity contribution in [3.63, 3.8) is 0 Å². The first-order valence-corrected chi connectivity index (χ1v) is 12.4. The van der Waals surface area contributed by atoms with Gasteiger partial charge in [-0.25, -0.2) is 18.6 Å². The number of urea groups is 1. The summed E-state index contributed by atoms with van der Waals surface area (Å²) in [5, 5.41) is 11.1. The van der Waals surface area contributed by atoms with Gasteiger partial charge in [0, 0.05) is 54.6 Å². The van der Waals surface area contributed by atoms with Gasteiger partial charge in [0.15, 0.2) is 23.1 Å². The number of halogens is 2. The number of nitrogens with one attached hydrogen (secondary N) is 2. The van der Waals surface area contributed by atoms with Crippen LogP contribution in [0.4, 0.5) is 25.0 Å². The van der Waals surface area contributed by atoms with Crippen LogP contribution in [0.1, 0.15) is 30.7 Å². The minimum atomic E-state index is -1.04. The van der Waals surface area contributed by atoms with Crippen LogP contribution in [0.15, 0.2) is 42.9 Å². The number of hydrogen-bond donors (Lipinski definition) is 2. The van der Waals surface area contributed by atoms with Gasteiger partial charge in [-0.3, -0.25) is 14.8 Å². The molecule has 2 amide bonds. The first-order valence-electron chi connectivity index (χ1n) is 12.4. The molecule has 0 saturated carbocycles. The van der Waals surface area contributed by atoms with Gasteiger partial charge in [0.1, 0.15) is 5.69 Å². The Hall–Kier alpha value is -4.74. The molecule has 1 aliphatic heterocycles. The standard InChI is InChI=1S/C28H30F2N6O4/c1-6-40-24-9-17(7-8-33-24)14-35-21-10-20(19(13-32-3)16(2)31)34-12-18(21)15-36(28(35)37)27-25(29)22(38-4)11-23(39-5)26(27)30/h7-13,31-32H,6,14-15H2,1-5H3/b19-13+,31-16?. The van der Waals surface area contributed by atoms with Crippen molar-refractivity contribution in [1.29, 1.82) is 5.41 Å². The van der Waals surface area contributed by atoms with Gasteiger partial charge in [-0.05, 0) is 31.5 Å². The summed E-state index contributed by atoms with van der Waals surface area (Å²) in [6.07, 6.45) is 4.74. The van der Waals surface area contributed by atoms with Gasteiger partial charge >= 0.3 is 6.03 Å². The lowest BCUT2D eigenvalue weighted by atomic mass is 10.0. The van der Waals surface area contributed by atoms with E-state index >= 15 is 8.78 Å². The highest BCUT2D eigenvalue weighted by Crippen LogP contribution is 2.41. The number of pyridine rings is 2. The van der Waals surface area contributed by atoms with Gasteiger partial charge in [-0.2, -0.15) is 0 Å². The van der Waals surface area contributed by atoms with Crippen molar-refractivity contribution in [3.05, 3.63) is 71.3 Å². The number of benzene rings is 1. The summed E-state index contributed by atoms with van der Waals surface area (Å²) in [5.41, 5.74) is 2.34. The van der Waals surface area contributed by atoms with Crippen molar-refractivity contribution < 1.29 is 27.8 Å². The number of allylic oxidation sites excluding steroid dienone is 1. The summed E-state index contributed by atoms with van der Waals surface area (Å²) in [4.78, 5) is 25.1. The summed E-state index contributed by atoms with van der Waals surface area (Å²) < 4.78 is 46.7. The van der Waals surface area contributed by atoms with Crippen LogP contribution in [0.2, 0.25) is 0 Å². The molecule has 210 valence electrons. The van der Waals surface area contributed by atoms with Gasteiger partial charge in [-0.15, -0.1) is 0 Å². The van der Waals surface area contributed by atoms with E-state index in [1.807, 2.05) is 6.92 Å². The summed E-state index contributed by atoms with van der Waals surface area (Å²) in [5.74, 6) is -2.24. The van der Waals surface area contributed by atoms with Gasteiger partial charge in [-0.1, -0.05) is 0 Å². The third-order valence-electron chi connectivity index (χ3n) is 6.26. The summed E-state index contributed by atoms with van der Waals surface area (Å²) >= 11 is 0. The average Bonchev–Trinajstić information content (AvgIpc) is 2.94. The Morgan fingerprint density at radius 3 is 2.45 bits per heavy atom. The fourth-order valence-electron chi connectivity index (χ4n) is 4.39. The second kappa shape index (κ2) is 12.0. The van der Waals surface area contributed by atoms with Gasteiger partial charge in [0.05, 0.1) is 45.3 Å². The van der Waals surface area contributed by atoms with E-state index in [1.165, 1.54) is 25.3 Å². The molecule has 0 saturated heterocycles. The maximum atomic E-state index is 15.5. The number of hydrogen-bond acceptors (Lipinski definition) is 8. The second-order valence-corrected chi connectivity index (χ2v) is 8.82. The monoisotopic (exact) mass is 552 g/mol. The number of methoxy groups -OCH3 is 2. The number of carbonyl (C=O) groups is 1. The number of aromatic nitrogens is 2. The molecular formula is C28H30F2N6O4. The number of amides is 2. The van der Waals surface area contributed by atoms with Gasteiger partial charge in [0.25, 0.3) is 0 Å². The molecule has 12 heteroatoms. The molecule has 0 aliphatic carbocycles. The molecule has 0 atom stereocenters. The zero-order valence-corrected chi connectivity index (χ0v) is 22.8. The predicted molar refractivity (Wildman–Crippen MR) is 147 cm³/mol. The van der Waals surface area contributed by atoms with E-state index in [4.69, 9.17) is 19.6 Å². The molecule has 0 unspecified atom stereocenters. The molecule has 1 aliphatic rings. The predicted octanol–water partition coefficient (Wildman–Crippen LogP) is 4.92. The highest BCUT2D eigenvalue weighted by atomic mass is 19.1. The summed E-state index contributed by atoms with van der Waals surface area (Å²) in [6.45, 7) is 3.73. The zero-order chi connectivity index (χ0) is 29.0. The summed E-state index contributed by atoms with van der Waals surface area (Å²) in [7, 11) is 4.19. The Balaban J connectivity index is 1.89. The summed E-state index contributed by atoms with van der Waals surface area (Å²) in [6, 6.07) is 5.51. The lowest BCUT2D eigenvalue weighted by Crippen LogP contribution is -2.47. The van der Waals surface area contributed by atoms with E-state index in [0.717, 1.165) is 11.0 Å². The van der Waals surface area contributed by atoms with E-state index in [2.05, 4.69) is 15.3 Å². The fraction of sp³-hybridized carbons (Fsp3) is 0.286. The molecule has 0 fully saturated rings. The molecule has 2 N–H and O–H groups in total. The topological polar surface area (TPSA) is 113 Å². The van der Waals surface area contributed by atoms with Crippen molar-refractivity contribution in [2.75, 3.05) is 37.7 Å². The van der Waals surface area contributed by atoms with Crippen LogP contribution in [0.5, 0.6) is 17.4 Å². The molecule has 2 aromatic heterocycles. The Morgan fingerprint density at radius 2 is 1.85 bits per heavy atom. The molecule has 0 bridgehead atoms. The smallest absolute Gasteiger partial charge is 0.329 e. The van der Waals surface area contributed by atoms with E-state index in [-0.39, 0.29) is 30.3 Å². The Morgan fingerprint density at radius 1 is 1.15 bits per heavy atom. The lowest BCUT2D eigenvalue weighted by Gasteiger charge is -2.37. The lowest BCUT2D eigenvalue weighted by molar-refractivity contribution is 0.249. The normalized spacial score (nSPS) is 13.2. The van der Waals surface area contributed by atoms with Crippen LogP contribution in [0, 0.1) is 17.0 Å². The third kappa shape index (κ3) is 5.37. The largest absolute Gasteiger partial charge is 0.493 e. The number of nitrogens with zero attached hydrogens (tertiary/aromatic N) is 4. The Labute approximate surface area is 230 Å². The molecule has 0 spiro atoms. The number of carbonyl (C=O) groups excluding carboxylic acids is 1. The number of ether oxygens (including phenoxy) is 3. The fourth-order valence-corrected chi connectivity index (χ4v) is 4.39. The quantitative estimate of drug-likeness (QED) is 0.344. The first-order chi connectivity index (χ1) is 19.2.